The van der Waals surface area contributed by atoms with Crippen LogP contribution in [0.5, 0.6) is 0 Å². The van der Waals surface area contributed by atoms with E-state index in [2.05, 4.69) is 31.2 Å². The average Bonchev–Trinajstić information content (AvgIpc) is 2.74. The van der Waals surface area contributed by atoms with Gasteiger partial charge in [0.15, 0.2) is 6.10 Å². The van der Waals surface area contributed by atoms with E-state index < -0.39 is 12.1 Å². The lowest BCUT2D eigenvalue weighted by atomic mass is 10.0. The van der Waals surface area contributed by atoms with Gasteiger partial charge < -0.3 is 9.84 Å². The van der Waals surface area contributed by atoms with Crippen LogP contribution in [0.4, 0.5) is 0 Å². The molecule has 0 heterocycles. The van der Waals surface area contributed by atoms with Crippen molar-refractivity contribution in [3.8, 4) is 0 Å². The first kappa shape index (κ1) is 28.9. The average molecular weight is 423 g/mol. The number of carbonyl (C=O) groups is 1. The van der Waals surface area contributed by atoms with Crippen LogP contribution in [0.2, 0.25) is 0 Å². The molecule has 1 atom stereocenters. The second-order valence-corrected chi connectivity index (χ2v) is 8.54. The molecule has 3 heteroatoms. The fourth-order valence-corrected chi connectivity index (χ4v) is 3.71. The Morgan fingerprint density at radius 3 is 1.50 bits per heavy atom. The van der Waals surface area contributed by atoms with E-state index in [1.165, 1.54) is 103 Å². The Morgan fingerprint density at radius 2 is 1.07 bits per heavy atom. The zero-order valence-corrected chi connectivity index (χ0v) is 20.1. The Morgan fingerprint density at radius 1 is 0.667 bits per heavy atom. The van der Waals surface area contributed by atoms with Gasteiger partial charge in [0.1, 0.15) is 0 Å². The Balaban J connectivity index is 3.25. The predicted molar refractivity (Wildman–Crippen MR) is 130 cm³/mol. The van der Waals surface area contributed by atoms with Gasteiger partial charge in [-0.2, -0.15) is 0 Å². The summed E-state index contributed by atoms with van der Waals surface area (Å²) in [5.74, 6) is -0.877. The summed E-state index contributed by atoms with van der Waals surface area (Å²) in [6.45, 7) is 2.28. The third kappa shape index (κ3) is 21.6. The minimum atomic E-state index is -0.877. The molecule has 0 radical (unpaired) electrons. The van der Waals surface area contributed by atoms with Crippen LogP contribution in [0.25, 0.3) is 0 Å². The molecule has 0 aliphatic carbocycles. The molecule has 0 aliphatic rings. The van der Waals surface area contributed by atoms with Crippen molar-refractivity contribution < 1.29 is 14.6 Å². The van der Waals surface area contributed by atoms with E-state index in [0.717, 1.165) is 19.3 Å². The van der Waals surface area contributed by atoms with Gasteiger partial charge >= 0.3 is 5.97 Å². The normalized spacial score (nSPS) is 12.9. The number of hydrogen-bond acceptors (Lipinski definition) is 2. The van der Waals surface area contributed by atoms with Crippen LogP contribution < -0.4 is 0 Å². The molecule has 0 bridgehead atoms. The molecule has 0 rings (SSSR count). The van der Waals surface area contributed by atoms with Crippen LogP contribution >= 0.6 is 0 Å². The van der Waals surface area contributed by atoms with Crippen LogP contribution in [0.3, 0.4) is 0 Å². The number of hydrogen-bond donors (Lipinski definition) is 1. The lowest BCUT2D eigenvalue weighted by Crippen LogP contribution is -2.21. The molecule has 1 unspecified atom stereocenters. The Kier molecular flexibility index (Phi) is 23.3. The van der Waals surface area contributed by atoms with E-state index in [4.69, 9.17) is 9.84 Å². The number of carboxylic acids is 1. The van der Waals surface area contributed by atoms with Crippen LogP contribution in [0, 0.1) is 0 Å². The maximum Gasteiger partial charge on any atom is 0.332 e. The van der Waals surface area contributed by atoms with Crippen molar-refractivity contribution in [3.63, 3.8) is 0 Å². The standard InChI is InChI=1S/C27H50O3/c1-3-4-5-6-7-8-9-10-11-12-13-14-15-16-17-18-19-20-21-22-23-24-25-26(30-2)27(28)29/h18-19,22-23,26H,3-17,20-21,24-25H2,1-2H3,(H,28,29)/b19-18-,23-22-. The van der Waals surface area contributed by atoms with Gasteiger partial charge in [-0.15, -0.1) is 0 Å². The van der Waals surface area contributed by atoms with E-state index in [9.17, 15) is 4.79 Å². The quantitative estimate of drug-likeness (QED) is 0.132. The molecule has 1 N–H and O–H groups in total. The van der Waals surface area contributed by atoms with Crippen LogP contribution in [-0.2, 0) is 9.53 Å². The Labute approximate surface area is 187 Å². The maximum atomic E-state index is 10.8. The molecule has 176 valence electrons. The third-order valence-electron chi connectivity index (χ3n) is 5.71. The lowest BCUT2D eigenvalue weighted by Gasteiger charge is -2.07. The molecule has 0 saturated heterocycles. The second-order valence-electron chi connectivity index (χ2n) is 8.54. The van der Waals surface area contributed by atoms with Gasteiger partial charge in [-0.25, -0.2) is 4.79 Å². The minimum absolute atomic E-state index is 0.539. The van der Waals surface area contributed by atoms with Crippen molar-refractivity contribution in [1.29, 1.82) is 0 Å². The summed E-state index contributed by atoms with van der Waals surface area (Å²) in [6, 6.07) is 0. The first-order chi connectivity index (χ1) is 14.7. The summed E-state index contributed by atoms with van der Waals surface area (Å²) in [6.07, 6.45) is 32.5. The van der Waals surface area contributed by atoms with Gasteiger partial charge in [-0.3, -0.25) is 0 Å². The number of aliphatic carboxylic acids is 1. The summed E-state index contributed by atoms with van der Waals surface area (Å²) < 4.78 is 4.91. The zero-order valence-electron chi connectivity index (χ0n) is 20.1. The molecule has 0 fully saturated rings. The molecule has 0 spiro atoms. The summed E-state index contributed by atoms with van der Waals surface area (Å²) >= 11 is 0. The summed E-state index contributed by atoms with van der Waals surface area (Å²) in [7, 11) is 1.45. The van der Waals surface area contributed by atoms with E-state index in [1.54, 1.807) is 0 Å². The van der Waals surface area contributed by atoms with Gasteiger partial charge in [0.2, 0.25) is 0 Å². The van der Waals surface area contributed by atoms with E-state index in [0.29, 0.717) is 6.42 Å². The Bertz CT molecular complexity index is 414. The molecule has 0 amide bonds. The fourth-order valence-electron chi connectivity index (χ4n) is 3.71. The summed E-state index contributed by atoms with van der Waals surface area (Å²) in [4.78, 5) is 10.8. The fraction of sp³-hybridized carbons (Fsp3) is 0.815. The second kappa shape index (κ2) is 24.2. The van der Waals surface area contributed by atoms with E-state index in [1.807, 2.05) is 0 Å². The number of carboxylic acid groups (broad SMARTS) is 1. The van der Waals surface area contributed by atoms with Gasteiger partial charge in [-0.05, 0) is 38.5 Å². The highest BCUT2D eigenvalue weighted by Crippen LogP contribution is 2.13. The highest BCUT2D eigenvalue weighted by Gasteiger charge is 2.14. The monoisotopic (exact) mass is 422 g/mol. The summed E-state index contributed by atoms with van der Waals surface area (Å²) in [5, 5.41) is 8.89. The van der Waals surface area contributed by atoms with Gasteiger partial charge in [0, 0.05) is 7.11 Å². The predicted octanol–water partition coefficient (Wildman–Crippen LogP) is 8.63. The molecular formula is C27H50O3. The molecule has 0 aliphatic heterocycles. The molecule has 0 aromatic carbocycles. The number of rotatable bonds is 23. The topological polar surface area (TPSA) is 46.5 Å². The molecule has 0 saturated carbocycles. The van der Waals surface area contributed by atoms with E-state index in [-0.39, 0.29) is 0 Å². The highest BCUT2D eigenvalue weighted by atomic mass is 16.5. The van der Waals surface area contributed by atoms with Crippen LogP contribution in [-0.4, -0.2) is 24.3 Å². The van der Waals surface area contributed by atoms with Crippen molar-refractivity contribution in [2.75, 3.05) is 7.11 Å². The number of methoxy groups -OCH3 is 1. The smallest absolute Gasteiger partial charge is 0.332 e. The molecule has 0 aromatic heterocycles. The van der Waals surface area contributed by atoms with Crippen molar-refractivity contribution in [2.45, 2.75) is 135 Å². The molecular weight excluding hydrogens is 372 g/mol. The van der Waals surface area contributed by atoms with Crippen LogP contribution in [0.15, 0.2) is 24.3 Å². The number of unbranched alkanes of at least 4 members (excludes halogenated alkanes) is 15. The first-order valence-electron chi connectivity index (χ1n) is 12.8. The first-order valence-corrected chi connectivity index (χ1v) is 12.8. The van der Waals surface area contributed by atoms with Crippen molar-refractivity contribution in [2.24, 2.45) is 0 Å². The van der Waals surface area contributed by atoms with Crippen molar-refractivity contribution in [1.82, 2.24) is 0 Å². The summed E-state index contributed by atoms with van der Waals surface area (Å²) in [5.41, 5.74) is 0. The van der Waals surface area contributed by atoms with Crippen molar-refractivity contribution >= 4 is 5.97 Å². The maximum absolute atomic E-state index is 10.8. The van der Waals surface area contributed by atoms with Gasteiger partial charge in [0.25, 0.3) is 0 Å². The van der Waals surface area contributed by atoms with E-state index >= 15 is 0 Å². The highest BCUT2D eigenvalue weighted by molar-refractivity contribution is 5.72. The number of allylic oxidation sites excluding steroid dienone is 4. The third-order valence-corrected chi connectivity index (χ3v) is 5.71. The largest absolute Gasteiger partial charge is 0.479 e. The van der Waals surface area contributed by atoms with Crippen LogP contribution in [0.1, 0.15) is 129 Å². The zero-order chi connectivity index (χ0) is 22.1. The molecule has 0 aromatic rings. The Hall–Kier alpha value is -1.09. The molecule has 30 heavy (non-hydrogen) atoms. The van der Waals surface area contributed by atoms with Gasteiger partial charge in [0.05, 0.1) is 0 Å². The van der Waals surface area contributed by atoms with Gasteiger partial charge in [-0.1, -0.05) is 115 Å². The van der Waals surface area contributed by atoms with Crippen molar-refractivity contribution in [3.05, 3.63) is 24.3 Å². The lowest BCUT2D eigenvalue weighted by molar-refractivity contribution is -0.148. The SMILES string of the molecule is CCCCCCCCCCCCCCCC/C=C\CC/C=C\CCC(OC)C(=O)O. The minimum Gasteiger partial charge on any atom is -0.479 e. The molecule has 3 nitrogen and oxygen atoms in total. The number of ether oxygens (including phenoxy) is 1.